The molecule has 2 aromatic carbocycles. The van der Waals surface area contributed by atoms with Crippen LogP contribution in [0.5, 0.6) is 0 Å². The first-order chi connectivity index (χ1) is 10.9. The molecular formula is C18H18Cl2Pd2. The summed E-state index contributed by atoms with van der Waals surface area (Å²) in [5.41, 5.74) is 2.40. The third-order valence-electron chi connectivity index (χ3n) is 2.22. The van der Waals surface area contributed by atoms with Gasteiger partial charge in [-0.1, -0.05) is 60.7 Å². The number of benzene rings is 2. The standard InChI is InChI=1S/2C9H9.2ClH.2Pd/c2*1-2-6-9-7-4-3-5-8-9;;;;/h2*2-8H,1H2;2*1H;;/q2*-1;;;2*+2/p-2/b2*6-2+;;;;. The zero-order valence-electron chi connectivity index (χ0n) is 11.9. The Morgan fingerprint density at radius 1 is 0.591 bits per heavy atom. The van der Waals surface area contributed by atoms with Gasteiger partial charge in [0, 0.05) is 0 Å². The molecule has 0 heterocycles. The number of hydrogen-bond acceptors (Lipinski definition) is 0. The van der Waals surface area contributed by atoms with Gasteiger partial charge in [-0.3, -0.25) is 0 Å². The van der Waals surface area contributed by atoms with Crippen molar-refractivity contribution in [1.82, 2.24) is 0 Å². The second-order valence-electron chi connectivity index (χ2n) is 3.63. The summed E-state index contributed by atoms with van der Waals surface area (Å²) in [6, 6.07) is 20.2. The predicted octanol–water partition coefficient (Wildman–Crippen LogP) is 6.44. The summed E-state index contributed by atoms with van der Waals surface area (Å²) in [6.45, 7) is 7.20. The van der Waals surface area contributed by atoms with Crippen LogP contribution in [0, 0.1) is 13.8 Å². The van der Waals surface area contributed by atoms with Gasteiger partial charge in [0.2, 0.25) is 0 Å². The van der Waals surface area contributed by atoms with Gasteiger partial charge in [0.15, 0.2) is 0 Å². The molecule has 0 spiro atoms. The predicted molar refractivity (Wildman–Crippen MR) is 93.4 cm³/mol. The van der Waals surface area contributed by atoms with Crippen LogP contribution in [0.1, 0.15) is 11.1 Å². The van der Waals surface area contributed by atoms with Gasteiger partial charge in [0.1, 0.15) is 0 Å². The third kappa shape index (κ3) is 14.5. The van der Waals surface area contributed by atoms with E-state index in [2.05, 4.69) is 69.3 Å². The fourth-order valence-electron chi connectivity index (χ4n) is 1.40. The Morgan fingerprint density at radius 2 is 0.864 bits per heavy atom. The van der Waals surface area contributed by atoms with E-state index in [1.165, 1.54) is 11.1 Å². The molecule has 0 aromatic heterocycles. The van der Waals surface area contributed by atoms with Gasteiger partial charge >= 0.3 is 55.4 Å². The summed E-state index contributed by atoms with van der Waals surface area (Å²) >= 11 is 4.44. The molecule has 0 radical (unpaired) electrons. The van der Waals surface area contributed by atoms with E-state index in [1.54, 1.807) is 12.2 Å². The second kappa shape index (κ2) is 20.6. The van der Waals surface area contributed by atoms with Crippen molar-refractivity contribution in [1.29, 1.82) is 0 Å². The average Bonchev–Trinajstić information content (AvgIpc) is 2.62. The Kier molecular flexibility index (Phi) is 22.3. The van der Waals surface area contributed by atoms with E-state index >= 15 is 0 Å². The Balaban J connectivity index is 0. The minimum absolute atomic E-state index is 1.20. The summed E-state index contributed by atoms with van der Waals surface area (Å²) in [5.74, 6) is 0. The molecule has 0 N–H and O–H groups in total. The first-order valence-electron chi connectivity index (χ1n) is 6.12. The Hall–Kier alpha value is -0.435. The van der Waals surface area contributed by atoms with E-state index in [0.717, 1.165) is 0 Å². The number of allylic oxidation sites excluding steroid dienone is 2. The van der Waals surface area contributed by atoms with Crippen LogP contribution in [0.2, 0.25) is 0 Å². The van der Waals surface area contributed by atoms with Gasteiger partial charge in [-0.25, -0.2) is 38.2 Å². The topological polar surface area (TPSA) is 0 Å². The molecule has 0 atom stereocenters. The molecule has 124 valence electrons. The first kappa shape index (κ1) is 23.8. The third-order valence-corrected chi connectivity index (χ3v) is 2.22. The first-order valence-corrected chi connectivity index (χ1v) is 10.1. The quantitative estimate of drug-likeness (QED) is 0.317. The minimum atomic E-state index is 1.20. The zero-order valence-corrected chi connectivity index (χ0v) is 16.5. The van der Waals surface area contributed by atoms with Gasteiger partial charge in [-0.15, -0.1) is 11.1 Å². The fourth-order valence-corrected chi connectivity index (χ4v) is 1.40. The number of hydrogen-bond donors (Lipinski definition) is 0. The van der Waals surface area contributed by atoms with Crippen LogP contribution in [0.25, 0.3) is 12.2 Å². The van der Waals surface area contributed by atoms with Crippen LogP contribution in [0.3, 0.4) is 0 Å². The molecule has 0 aliphatic rings. The summed E-state index contributed by atoms with van der Waals surface area (Å²) < 4.78 is 0. The zero-order chi connectivity index (χ0) is 17.1. The van der Waals surface area contributed by atoms with E-state index in [-0.39, 0.29) is 0 Å². The van der Waals surface area contributed by atoms with Crippen LogP contribution in [0.4, 0.5) is 0 Å². The van der Waals surface area contributed by atoms with Crippen molar-refractivity contribution in [2.24, 2.45) is 0 Å². The maximum absolute atomic E-state index is 4.49. The van der Waals surface area contributed by atoms with E-state index in [0.29, 0.717) is 0 Å². The van der Waals surface area contributed by atoms with Crippen LogP contribution in [0.15, 0.2) is 72.8 Å². The molecule has 0 aliphatic carbocycles. The molecule has 2 aromatic rings. The van der Waals surface area contributed by atoms with Crippen LogP contribution < -0.4 is 0 Å². The van der Waals surface area contributed by atoms with Crippen LogP contribution in [-0.4, -0.2) is 0 Å². The molecule has 22 heavy (non-hydrogen) atoms. The molecule has 0 saturated heterocycles. The van der Waals surface area contributed by atoms with Crippen LogP contribution in [-0.2, 0) is 36.4 Å². The average molecular weight is 518 g/mol. The van der Waals surface area contributed by atoms with Gasteiger partial charge < -0.3 is 0 Å². The van der Waals surface area contributed by atoms with E-state index < -0.39 is 0 Å². The molecule has 0 amide bonds. The Morgan fingerprint density at radius 3 is 1.09 bits per heavy atom. The molecular weight excluding hydrogens is 500 g/mol. The van der Waals surface area contributed by atoms with Crippen LogP contribution >= 0.6 is 19.1 Å². The SMILES string of the molecule is [CH2-]/C=C/c1ccccc1.[CH2-]/C=C/c1ccccc1.[Cl][Pd+].[Cl][Pd+]. The van der Waals surface area contributed by atoms with Crippen molar-refractivity contribution in [3.05, 3.63) is 97.8 Å². The van der Waals surface area contributed by atoms with Gasteiger partial charge in [0.25, 0.3) is 0 Å². The molecule has 0 saturated carbocycles. The summed E-state index contributed by atoms with van der Waals surface area (Å²) in [4.78, 5) is 0. The maximum atomic E-state index is 4.49. The van der Waals surface area contributed by atoms with E-state index in [4.69, 9.17) is 0 Å². The normalized spacial score (nSPS) is 9.00. The summed E-state index contributed by atoms with van der Waals surface area (Å²) in [6.07, 6.45) is 7.52. The number of halogens is 2. The summed E-state index contributed by atoms with van der Waals surface area (Å²) in [7, 11) is 8.98. The molecule has 0 bridgehead atoms. The van der Waals surface area contributed by atoms with Crippen molar-refractivity contribution in [2.75, 3.05) is 0 Å². The molecule has 0 nitrogen and oxygen atoms in total. The van der Waals surface area contributed by atoms with Crippen molar-refractivity contribution >= 4 is 31.2 Å². The van der Waals surface area contributed by atoms with Crippen molar-refractivity contribution in [3.8, 4) is 0 Å². The molecule has 0 aliphatic heterocycles. The summed E-state index contributed by atoms with van der Waals surface area (Å²) in [5, 5.41) is 0. The molecule has 0 fully saturated rings. The Labute approximate surface area is 164 Å². The second-order valence-corrected chi connectivity index (χ2v) is 3.63. The van der Waals surface area contributed by atoms with Gasteiger partial charge in [0.05, 0.1) is 0 Å². The fraction of sp³-hybridized carbons (Fsp3) is 0. The van der Waals surface area contributed by atoms with E-state index in [9.17, 15) is 0 Å². The molecule has 0 unspecified atom stereocenters. The van der Waals surface area contributed by atoms with Gasteiger partial charge in [-0.05, 0) is 0 Å². The molecule has 2 rings (SSSR count). The van der Waals surface area contributed by atoms with E-state index in [1.807, 2.05) is 72.8 Å². The monoisotopic (exact) mass is 516 g/mol. The van der Waals surface area contributed by atoms with Gasteiger partial charge in [-0.2, -0.15) is 0 Å². The van der Waals surface area contributed by atoms with Crippen molar-refractivity contribution in [2.45, 2.75) is 0 Å². The number of rotatable bonds is 2. The van der Waals surface area contributed by atoms with Crippen molar-refractivity contribution in [3.63, 3.8) is 0 Å². The van der Waals surface area contributed by atoms with Crippen molar-refractivity contribution < 1.29 is 36.4 Å². The Bertz CT molecular complexity index is 435. The molecule has 4 heteroatoms.